The molecule has 78 valence electrons. The van der Waals surface area contributed by atoms with Crippen molar-refractivity contribution in [2.75, 3.05) is 7.11 Å². The normalized spacial score (nSPS) is 11.3. The molecule has 3 N–H and O–H groups in total. The standard InChI is InChI=1S/C10H13NO2.ClH/c1-3-8(11)7-4-5-10(13-2)9(12)6-7;/h3-6,8,12H,1,11H2,2H3;1H/t8-;/m0./s1. The van der Waals surface area contributed by atoms with Gasteiger partial charge in [0.1, 0.15) is 0 Å². The van der Waals surface area contributed by atoms with Gasteiger partial charge in [-0.15, -0.1) is 19.0 Å². The van der Waals surface area contributed by atoms with E-state index in [0.717, 1.165) is 5.56 Å². The van der Waals surface area contributed by atoms with Crippen molar-refractivity contribution in [1.29, 1.82) is 0 Å². The van der Waals surface area contributed by atoms with Gasteiger partial charge in [-0.2, -0.15) is 0 Å². The first-order valence-electron chi connectivity index (χ1n) is 3.94. The van der Waals surface area contributed by atoms with Gasteiger partial charge >= 0.3 is 0 Å². The van der Waals surface area contributed by atoms with Crippen LogP contribution in [0.4, 0.5) is 0 Å². The Labute approximate surface area is 89.6 Å². The zero-order chi connectivity index (χ0) is 9.84. The second-order valence-electron chi connectivity index (χ2n) is 2.69. The van der Waals surface area contributed by atoms with Crippen LogP contribution in [0, 0.1) is 0 Å². The minimum atomic E-state index is -0.253. The van der Waals surface area contributed by atoms with Crippen molar-refractivity contribution in [3.8, 4) is 11.5 Å². The molecule has 0 fully saturated rings. The van der Waals surface area contributed by atoms with Crippen molar-refractivity contribution >= 4 is 12.4 Å². The first kappa shape index (κ1) is 12.8. The molecule has 0 amide bonds. The molecule has 4 heteroatoms. The van der Waals surface area contributed by atoms with Crippen LogP contribution in [-0.2, 0) is 0 Å². The van der Waals surface area contributed by atoms with Gasteiger partial charge in [-0.25, -0.2) is 0 Å². The summed E-state index contributed by atoms with van der Waals surface area (Å²) in [7, 11) is 1.50. The number of phenols is 1. The van der Waals surface area contributed by atoms with Crippen LogP contribution in [0.1, 0.15) is 11.6 Å². The first-order valence-corrected chi connectivity index (χ1v) is 3.94. The number of nitrogens with two attached hydrogens (primary N) is 1. The molecule has 0 aliphatic carbocycles. The fraction of sp³-hybridized carbons (Fsp3) is 0.200. The quantitative estimate of drug-likeness (QED) is 0.759. The van der Waals surface area contributed by atoms with E-state index in [1.807, 2.05) is 0 Å². The Morgan fingerprint density at radius 1 is 1.57 bits per heavy atom. The third-order valence-corrected chi connectivity index (χ3v) is 1.84. The molecule has 0 radical (unpaired) electrons. The van der Waals surface area contributed by atoms with Gasteiger partial charge in [0.25, 0.3) is 0 Å². The van der Waals surface area contributed by atoms with E-state index in [2.05, 4.69) is 6.58 Å². The van der Waals surface area contributed by atoms with Crippen LogP contribution in [-0.4, -0.2) is 12.2 Å². The minimum absolute atomic E-state index is 0. The molecule has 0 spiro atoms. The van der Waals surface area contributed by atoms with Gasteiger partial charge in [-0.05, 0) is 17.7 Å². The Bertz CT molecular complexity index is 315. The maximum Gasteiger partial charge on any atom is 0.160 e. The zero-order valence-electron chi connectivity index (χ0n) is 7.93. The van der Waals surface area contributed by atoms with Crippen molar-refractivity contribution in [3.63, 3.8) is 0 Å². The summed E-state index contributed by atoms with van der Waals surface area (Å²) >= 11 is 0. The predicted octanol–water partition coefficient (Wildman–Crippen LogP) is 2.01. The summed E-state index contributed by atoms with van der Waals surface area (Å²) in [5.74, 6) is 0.539. The molecule has 3 nitrogen and oxygen atoms in total. The molecule has 1 atom stereocenters. The number of halogens is 1. The number of methoxy groups -OCH3 is 1. The summed E-state index contributed by atoms with van der Waals surface area (Å²) in [5, 5.41) is 9.42. The zero-order valence-corrected chi connectivity index (χ0v) is 8.75. The van der Waals surface area contributed by atoms with Crippen molar-refractivity contribution in [1.82, 2.24) is 0 Å². The number of ether oxygens (including phenoxy) is 1. The molecular weight excluding hydrogens is 202 g/mol. The highest BCUT2D eigenvalue weighted by atomic mass is 35.5. The molecule has 14 heavy (non-hydrogen) atoms. The van der Waals surface area contributed by atoms with Gasteiger partial charge in [0.15, 0.2) is 11.5 Å². The van der Waals surface area contributed by atoms with Gasteiger partial charge < -0.3 is 15.6 Å². The molecule has 0 aliphatic heterocycles. The molecule has 0 bridgehead atoms. The highest BCUT2D eigenvalue weighted by Crippen LogP contribution is 2.28. The number of phenolic OH excluding ortho intramolecular Hbond substituents is 1. The molecule has 0 aliphatic rings. The largest absolute Gasteiger partial charge is 0.504 e. The van der Waals surface area contributed by atoms with Crippen LogP contribution in [0.15, 0.2) is 30.9 Å². The summed E-state index contributed by atoms with van der Waals surface area (Å²) in [6.45, 7) is 3.57. The molecule has 0 saturated carbocycles. The van der Waals surface area contributed by atoms with Crippen molar-refractivity contribution in [3.05, 3.63) is 36.4 Å². The molecule has 1 rings (SSSR count). The molecule has 0 saturated heterocycles. The number of rotatable bonds is 3. The maximum atomic E-state index is 9.42. The minimum Gasteiger partial charge on any atom is -0.504 e. The SMILES string of the molecule is C=C[C@H](N)c1ccc(OC)c(O)c1.Cl. The first-order chi connectivity index (χ1) is 6.19. The monoisotopic (exact) mass is 215 g/mol. The highest BCUT2D eigenvalue weighted by Gasteiger charge is 2.05. The Morgan fingerprint density at radius 2 is 2.21 bits per heavy atom. The smallest absolute Gasteiger partial charge is 0.160 e. The van der Waals surface area contributed by atoms with E-state index < -0.39 is 0 Å². The molecule has 0 unspecified atom stereocenters. The lowest BCUT2D eigenvalue weighted by Gasteiger charge is -2.09. The fourth-order valence-electron chi connectivity index (χ4n) is 1.05. The highest BCUT2D eigenvalue weighted by molar-refractivity contribution is 5.85. The number of benzene rings is 1. The van der Waals surface area contributed by atoms with Gasteiger partial charge in [0, 0.05) is 6.04 Å². The van der Waals surface area contributed by atoms with E-state index >= 15 is 0 Å². The van der Waals surface area contributed by atoms with E-state index in [1.165, 1.54) is 7.11 Å². The van der Waals surface area contributed by atoms with Gasteiger partial charge in [-0.3, -0.25) is 0 Å². The number of hydrogen-bond donors (Lipinski definition) is 2. The van der Waals surface area contributed by atoms with Gasteiger partial charge in [-0.1, -0.05) is 12.1 Å². The topological polar surface area (TPSA) is 55.5 Å². The lowest BCUT2D eigenvalue weighted by molar-refractivity contribution is 0.373. The predicted molar refractivity (Wildman–Crippen MR) is 59.0 cm³/mol. The Kier molecular flexibility index (Phi) is 5.05. The molecular formula is C10H14ClNO2. The van der Waals surface area contributed by atoms with E-state index in [1.54, 1.807) is 24.3 Å². The third kappa shape index (κ3) is 2.65. The Balaban J connectivity index is 0.00000169. The summed E-state index contributed by atoms with van der Waals surface area (Å²) in [4.78, 5) is 0. The fourth-order valence-corrected chi connectivity index (χ4v) is 1.05. The van der Waals surface area contributed by atoms with Crippen LogP contribution >= 0.6 is 12.4 Å². The molecule has 1 aromatic rings. The Morgan fingerprint density at radius 3 is 2.64 bits per heavy atom. The second-order valence-corrected chi connectivity index (χ2v) is 2.69. The lowest BCUT2D eigenvalue weighted by Crippen LogP contribution is -2.06. The van der Waals surface area contributed by atoms with E-state index in [9.17, 15) is 5.11 Å². The number of aromatic hydroxyl groups is 1. The average Bonchev–Trinajstić information content (AvgIpc) is 2.16. The summed E-state index contributed by atoms with van der Waals surface area (Å²) < 4.78 is 4.90. The molecule has 0 aromatic heterocycles. The van der Waals surface area contributed by atoms with E-state index in [-0.39, 0.29) is 24.2 Å². The van der Waals surface area contributed by atoms with Gasteiger partial charge in [0.2, 0.25) is 0 Å². The van der Waals surface area contributed by atoms with Crippen LogP contribution < -0.4 is 10.5 Å². The maximum absolute atomic E-state index is 9.42. The molecule has 0 heterocycles. The van der Waals surface area contributed by atoms with E-state index in [4.69, 9.17) is 10.5 Å². The summed E-state index contributed by atoms with van der Waals surface area (Å²) in [5.41, 5.74) is 6.50. The van der Waals surface area contributed by atoms with Crippen LogP contribution in [0.25, 0.3) is 0 Å². The van der Waals surface area contributed by atoms with Crippen LogP contribution in [0.3, 0.4) is 0 Å². The van der Waals surface area contributed by atoms with Gasteiger partial charge in [0.05, 0.1) is 7.11 Å². The van der Waals surface area contributed by atoms with Crippen molar-refractivity contribution < 1.29 is 9.84 Å². The van der Waals surface area contributed by atoms with Crippen LogP contribution in [0.5, 0.6) is 11.5 Å². The molecule has 1 aromatic carbocycles. The van der Waals surface area contributed by atoms with Crippen LogP contribution in [0.2, 0.25) is 0 Å². The second kappa shape index (κ2) is 5.52. The van der Waals surface area contributed by atoms with Crippen molar-refractivity contribution in [2.24, 2.45) is 5.73 Å². The Hall–Kier alpha value is -1.19. The summed E-state index contributed by atoms with van der Waals surface area (Å²) in [6, 6.07) is 4.79. The third-order valence-electron chi connectivity index (χ3n) is 1.84. The number of hydrogen-bond acceptors (Lipinski definition) is 3. The van der Waals surface area contributed by atoms with E-state index in [0.29, 0.717) is 5.75 Å². The lowest BCUT2D eigenvalue weighted by atomic mass is 10.1. The summed E-state index contributed by atoms with van der Waals surface area (Å²) in [6.07, 6.45) is 1.61. The van der Waals surface area contributed by atoms with Crippen molar-refractivity contribution in [2.45, 2.75) is 6.04 Å². The average molecular weight is 216 g/mol.